The van der Waals surface area contributed by atoms with Crippen LogP contribution in [0.15, 0.2) is 77.8 Å². The molecule has 1 aliphatic rings. The number of rotatable bonds is 9. The number of halogens is 1. The Hall–Kier alpha value is -2.82. The molecule has 0 saturated carbocycles. The Kier molecular flexibility index (Phi) is 11.0. The fourth-order valence-electron chi connectivity index (χ4n) is 3.99. The summed E-state index contributed by atoms with van der Waals surface area (Å²) in [6, 6.07) is 19.2. The van der Waals surface area contributed by atoms with E-state index in [0.29, 0.717) is 13.0 Å². The van der Waals surface area contributed by atoms with Crippen LogP contribution in [0.25, 0.3) is 11.1 Å². The highest BCUT2D eigenvalue weighted by Gasteiger charge is 2.20. The maximum atomic E-state index is 10.6. The number of aromatic nitrogens is 1. The lowest BCUT2D eigenvalue weighted by molar-refractivity contribution is -0.137. The van der Waals surface area contributed by atoms with Crippen LogP contribution in [0.1, 0.15) is 31.4 Å². The lowest BCUT2D eigenvalue weighted by Crippen LogP contribution is -2.37. The molecule has 2 N–H and O–H groups in total. The summed E-state index contributed by atoms with van der Waals surface area (Å²) >= 11 is 5.99. The predicted octanol–water partition coefficient (Wildman–Crippen LogP) is 5.18. The highest BCUT2D eigenvalue weighted by molar-refractivity contribution is 7.85. The van der Waals surface area contributed by atoms with Crippen molar-refractivity contribution >= 4 is 27.7 Å². The fraction of sp³-hybridized carbons (Fsp3) is 0.333. The number of piperidine rings is 1. The van der Waals surface area contributed by atoms with Gasteiger partial charge in [-0.15, -0.1) is 0 Å². The van der Waals surface area contributed by atoms with E-state index in [2.05, 4.69) is 16.0 Å². The molecule has 1 saturated heterocycles. The van der Waals surface area contributed by atoms with E-state index in [0.717, 1.165) is 54.3 Å². The summed E-state index contributed by atoms with van der Waals surface area (Å²) in [4.78, 5) is 17.4. The van der Waals surface area contributed by atoms with Crippen LogP contribution in [0.5, 0.6) is 0 Å². The maximum absolute atomic E-state index is 10.6. The number of nitrogens with zero attached hydrogens (tertiary/aromatic N) is 2. The molecule has 2 heterocycles. The third-order valence-corrected chi connectivity index (χ3v) is 7.06. The van der Waals surface area contributed by atoms with Gasteiger partial charge in [-0.2, -0.15) is 8.42 Å². The van der Waals surface area contributed by atoms with E-state index in [1.54, 1.807) is 24.4 Å². The highest BCUT2D eigenvalue weighted by atomic mass is 35.5. The molecule has 2 aromatic carbocycles. The average molecular weight is 547 g/mol. The monoisotopic (exact) mass is 546 g/mol. The zero-order valence-electron chi connectivity index (χ0n) is 20.4. The fourth-order valence-corrected chi connectivity index (χ4v) is 4.62. The third kappa shape index (κ3) is 9.87. The molecule has 0 atom stereocenters. The van der Waals surface area contributed by atoms with E-state index in [1.807, 2.05) is 30.3 Å². The molecule has 0 bridgehead atoms. The van der Waals surface area contributed by atoms with Crippen molar-refractivity contribution in [2.75, 3.05) is 19.6 Å². The van der Waals surface area contributed by atoms with Gasteiger partial charge in [0.1, 0.15) is 0 Å². The van der Waals surface area contributed by atoms with Crippen molar-refractivity contribution in [3.63, 3.8) is 0 Å². The van der Waals surface area contributed by atoms with E-state index in [9.17, 15) is 13.2 Å². The molecule has 1 fully saturated rings. The summed E-state index contributed by atoms with van der Waals surface area (Å²) in [5.41, 5.74) is 3.09. The molecular formula is C27H31ClN2O6S. The van der Waals surface area contributed by atoms with Gasteiger partial charge < -0.3 is 14.7 Å². The summed E-state index contributed by atoms with van der Waals surface area (Å²) in [5.74, 6) is -0.722. The number of likely N-dealkylation sites (tertiary alicyclic amines) is 1. The Morgan fingerprint density at radius 3 is 2.30 bits per heavy atom. The van der Waals surface area contributed by atoms with Crippen LogP contribution in [0, 0.1) is 0 Å². The molecule has 0 unspecified atom stereocenters. The van der Waals surface area contributed by atoms with E-state index in [-0.39, 0.29) is 17.4 Å². The van der Waals surface area contributed by atoms with Crippen molar-refractivity contribution < 1.29 is 27.6 Å². The Morgan fingerprint density at radius 1 is 1.03 bits per heavy atom. The summed E-state index contributed by atoms with van der Waals surface area (Å²) < 4.78 is 35.4. The largest absolute Gasteiger partial charge is 0.481 e. The Bertz CT molecular complexity index is 1230. The molecular weight excluding hydrogens is 516 g/mol. The molecule has 4 rings (SSSR count). The van der Waals surface area contributed by atoms with Gasteiger partial charge >= 0.3 is 5.97 Å². The van der Waals surface area contributed by atoms with Crippen LogP contribution in [-0.4, -0.2) is 59.7 Å². The summed E-state index contributed by atoms with van der Waals surface area (Å²) in [7, 11) is -4.00. The topological polar surface area (TPSA) is 117 Å². The standard InChI is InChI=1S/C21H25ClN2O3.C6H6O3S/c22-17-7-5-16(6-8-17)19-3-1-11-23-20(19)15-27-18-9-13-24(14-10-18)12-2-4-21(25)26;7-10(8,9)6-4-2-1-3-5-6/h1,3,5-8,11,18H,2,4,9-10,12-15H2,(H,25,26);1-5H,(H,7,8,9). The van der Waals surface area contributed by atoms with Crippen molar-refractivity contribution in [2.45, 2.75) is 43.3 Å². The van der Waals surface area contributed by atoms with Gasteiger partial charge in [0, 0.05) is 36.3 Å². The number of benzene rings is 2. The number of carboxylic acid groups (broad SMARTS) is 1. The first kappa shape index (κ1) is 28.7. The average Bonchev–Trinajstić information content (AvgIpc) is 2.89. The van der Waals surface area contributed by atoms with E-state index >= 15 is 0 Å². The van der Waals surface area contributed by atoms with Crippen LogP contribution in [0.3, 0.4) is 0 Å². The van der Waals surface area contributed by atoms with Crippen LogP contribution in [0.4, 0.5) is 0 Å². The van der Waals surface area contributed by atoms with Crippen molar-refractivity contribution in [1.29, 1.82) is 0 Å². The summed E-state index contributed by atoms with van der Waals surface area (Å²) in [5, 5.41) is 9.45. The molecule has 198 valence electrons. The number of pyridine rings is 1. The second-order valence-electron chi connectivity index (χ2n) is 8.64. The summed E-state index contributed by atoms with van der Waals surface area (Å²) in [6.07, 6.45) is 4.90. The molecule has 0 amide bonds. The molecule has 1 aliphatic heterocycles. The van der Waals surface area contributed by atoms with Crippen molar-refractivity contribution in [2.24, 2.45) is 0 Å². The first-order valence-corrected chi connectivity index (χ1v) is 13.8. The van der Waals surface area contributed by atoms with Gasteiger partial charge in [-0.25, -0.2) is 0 Å². The van der Waals surface area contributed by atoms with Crippen molar-refractivity contribution in [1.82, 2.24) is 9.88 Å². The predicted molar refractivity (Wildman–Crippen MR) is 142 cm³/mol. The third-order valence-electron chi connectivity index (χ3n) is 5.94. The van der Waals surface area contributed by atoms with Crippen LogP contribution in [0.2, 0.25) is 5.02 Å². The second-order valence-corrected chi connectivity index (χ2v) is 10.5. The molecule has 0 aliphatic carbocycles. The van der Waals surface area contributed by atoms with Gasteiger partial charge in [0.05, 0.1) is 23.3 Å². The van der Waals surface area contributed by atoms with Crippen LogP contribution >= 0.6 is 11.6 Å². The lowest BCUT2D eigenvalue weighted by atomic mass is 10.0. The second kappa shape index (κ2) is 14.2. The summed E-state index contributed by atoms with van der Waals surface area (Å²) in [6.45, 7) is 3.25. The molecule has 1 aromatic heterocycles. The number of hydrogen-bond acceptors (Lipinski definition) is 6. The Morgan fingerprint density at radius 2 is 1.70 bits per heavy atom. The zero-order chi connectivity index (χ0) is 26.7. The number of carbonyl (C=O) groups is 1. The van der Waals surface area contributed by atoms with Crippen molar-refractivity contribution in [3.8, 4) is 11.1 Å². The minimum Gasteiger partial charge on any atom is -0.481 e. The molecule has 3 aromatic rings. The first-order valence-electron chi connectivity index (χ1n) is 12.0. The number of hydrogen-bond donors (Lipinski definition) is 2. The smallest absolute Gasteiger partial charge is 0.303 e. The zero-order valence-corrected chi connectivity index (χ0v) is 21.9. The number of carboxylic acids is 1. The van der Waals surface area contributed by atoms with Gasteiger partial charge in [0.15, 0.2) is 0 Å². The molecule has 8 nitrogen and oxygen atoms in total. The van der Waals surface area contributed by atoms with Gasteiger partial charge in [-0.05, 0) is 61.7 Å². The van der Waals surface area contributed by atoms with Gasteiger partial charge in [-0.1, -0.05) is 48.0 Å². The Labute approximate surface area is 222 Å². The molecule has 10 heteroatoms. The Balaban J connectivity index is 0.000000319. The minimum atomic E-state index is -4.00. The number of ether oxygens (including phenoxy) is 1. The highest BCUT2D eigenvalue weighted by Crippen LogP contribution is 2.25. The van der Waals surface area contributed by atoms with E-state index < -0.39 is 16.1 Å². The lowest BCUT2D eigenvalue weighted by Gasteiger charge is -2.31. The van der Waals surface area contributed by atoms with E-state index in [4.69, 9.17) is 26.0 Å². The van der Waals surface area contributed by atoms with Crippen LogP contribution < -0.4 is 0 Å². The first-order chi connectivity index (χ1) is 17.7. The minimum absolute atomic E-state index is 0.0741. The molecule has 37 heavy (non-hydrogen) atoms. The van der Waals surface area contributed by atoms with Crippen LogP contribution in [-0.2, 0) is 26.3 Å². The van der Waals surface area contributed by atoms with E-state index in [1.165, 1.54) is 12.1 Å². The van der Waals surface area contributed by atoms with Crippen molar-refractivity contribution in [3.05, 3.63) is 83.6 Å². The van der Waals surface area contributed by atoms with Gasteiger partial charge in [-0.3, -0.25) is 14.3 Å². The molecule has 0 radical (unpaired) electrons. The number of aliphatic carboxylic acids is 1. The van der Waals surface area contributed by atoms with Gasteiger partial charge in [0.2, 0.25) is 0 Å². The maximum Gasteiger partial charge on any atom is 0.303 e. The SMILES string of the molecule is O=C(O)CCCN1CCC(OCc2ncccc2-c2ccc(Cl)cc2)CC1.O=S(=O)(O)c1ccccc1. The van der Waals surface area contributed by atoms with Gasteiger partial charge in [0.25, 0.3) is 10.1 Å². The normalized spacial score (nSPS) is 14.5. The quantitative estimate of drug-likeness (QED) is 0.352. The molecule has 0 spiro atoms.